The van der Waals surface area contributed by atoms with Gasteiger partial charge in [-0.05, 0) is 36.5 Å². The van der Waals surface area contributed by atoms with Crippen molar-refractivity contribution in [3.05, 3.63) is 29.3 Å². The Balaban J connectivity index is 0.00000242. The SMILES string of the molecule is CN=C(NCc1ccc(S(C)(=O)=O)c(C)c1)NC1CC1C.I. The van der Waals surface area contributed by atoms with Crippen LogP contribution < -0.4 is 10.6 Å². The van der Waals surface area contributed by atoms with Crippen molar-refractivity contribution in [2.24, 2.45) is 10.9 Å². The molecule has 5 nitrogen and oxygen atoms in total. The fourth-order valence-corrected chi connectivity index (χ4v) is 3.28. The summed E-state index contributed by atoms with van der Waals surface area (Å²) in [6, 6.07) is 5.92. The molecule has 1 saturated carbocycles. The van der Waals surface area contributed by atoms with Crippen molar-refractivity contribution in [1.82, 2.24) is 10.6 Å². The average molecular weight is 437 g/mol. The van der Waals surface area contributed by atoms with Crippen molar-refractivity contribution in [3.8, 4) is 0 Å². The number of guanidine groups is 1. The van der Waals surface area contributed by atoms with Crippen LogP contribution in [-0.2, 0) is 16.4 Å². The number of halogens is 1. The quantitative estimate of drug-likeness (QED) is 0.430. The Morgan fingerprint density at radius 2 is 2.05 bits per heavy atom. The van der Waals surface area contributed by atoms with Gasteiger partial charge < -0.3 is 10.6 Å². The molecule has 124 valence electrons. The van der Waals surface area contributed by atoms with Crippen molar-refractivity contribution >= 4 is 39.8 Å². The van der Waals surface area contributed by atoms with Gasteiger partial charge in [0.25, 0.3) is 0 Å². The highest BCUT2D eigenvalue weighted by Crippen LogP contribution is 2.28. The molecule has 0 saturated heterocycles. The Bertz CT molecular complexity index is 659. The van der Waals surface area contributed by atoms with E-state index in [1.165, 1.54) is 12.7 Å². The van der Waals surface area contributed by atoms with Crippen molar-refractivity contribution < 1.29 is 8.42 Å². The van der Waals surface area contributed by atoms with Crippen LogP contribution in [-0.4, -0.2) is 33.7 Å². The van der Waals surface area contributed by atoms with Gasteiger partial charge in [0, 0.05) is 25.9 Å². The zero-order valence-corrected chi connectivity index (χ0v) is 16.5. The van der Waals surface area contributed by atoms with Crippen LogP contribution in [0.25, 0.3) is 0 Å². The van der Waals surface area contributed by atoms with E-state index in [2.05, 4.69) is 22.5 Å². The van der Waals surface area contributed by atoms with Crippen molar-refractivity contribution in [1.29, 1.82) is 0 Å². The predicted octanol–water partition coefficient (Wildman–Crippen LogP) is 2.09. The molecule has 0 aromatic heterocycles. The lowest BCUT2D eigenvalue weighted by Crippen LogP contribution is -2.38. The van der Waals surface area contributed by atoms with Gasteiger partial charge in [-0.25, -0.2) is 8.42 Å². The van der Waals surface area contributed by atoms with E-state index in [0.29, 0.717) is 23.4 Å². The van der Waals surface area contributed by atoms with Crippen LogP contribution in [0.2, 0.25) is 0 Å². The second kappa shape index (κ2) is 7.63. The van der Waals surface area contributed by atoms with Crippen molar-refractivity contribution in [2.45, 2.75) is 37.8 Å². The molecule has 0 aliphatic heterocycles. The van der Waals surface area contributed by atoms with E-state index in [4.69, 9.17) is 0 Å². The zero-order chi connectivity index (χ0) is 15.6. The second-order valence-electron chi connectivity index (χ2n) is 5.76. The summed E-state index contributed by atoms with van der Waals surface area (Å²) in [7, 11) is -1.41. The lowest BCUT2D eigenvalue weighted by atomic mass is 10.1. The molecule has 2 atom stereocenters. The Morgan fingerprint density at radius 1 is 1.41 bits per heavy atom. The van der Waals surface area contributed by atoms with E-state index in [-0.39, 0.29) is 24.0 Å². The molecule has 7 heteroatoms. The van der Waals surface area contributed by atoms with Gasteiger partial charge in [-0.15, -0.1) is 24.0 Å². The molecule has 0 spiro atoms. The van der Waals surface area contributed by atoms with E-state index < -0.39 is 9.84 Å². The van der Waals surface area contributed by atoms with Crippen molar-refractivity contribution in [3.63, 3.8) is 0 Å². The standard InChI is InChI=1S/C15H23N3O2S.HI/c1-10-8-13(10)18-15(16-3)17-9-12-5-6-14(11(2)7-12)21(4,19)20;/h5-7,10,13H,8-9H2,1-4H3,(H2,16,17,18);1H. The first-order valence-corrected chi connectivity index (χ1v) is 8.97. The highest BCUT2D eigenvalue weighted by molar-refractivity contribution is 14.0. The minimum absolute atomic E-state index is 0. The van der Waals surface area contributed by atoms with E-state index >= 15 is 0 Å². The third kappa shape index (κ3) is 5.12. The van der Waals surface area contributed by atoms with E-state index in [1.807, 2.05) is 19.1 Å². The fourth-order valence-electron chi connectivity index (χ4n) is 2.32. The van der Waals surface area contributed by atoms with E-state index in [9.17, 15) is 8.42 Å². The minimum atomic E-state index is -3.16. The molecule has 0 radical (unpaired) electrons. The number of rotatable bonds is 4. The molecule has 1 aromatic rings. The number of nitrogens with zero attached hydrogens (tertiary/aromatic N) is 1. The number of nitrogens with one attached hydrogen (secondary N) is 2. The summed E-state index contributed by atoms with van der Waals surface area (Å²) in [5.41, 5.74) is 1.81. The van der Waals surface area contributed by atoms with E-state index in [0.717, 1.165) is 17.1 Å². The average Bonchev–Trinajstić information content (AvgIpc) is 3.08. The minimum Gasteiger partial charge on any atom is -0.353 e. The van der Waals surface area contributed by atoms with Crippen molar-refractivity contribution in [2.75, 3.05) is 13.3 Å². The summed E-state index contributed by atoms with van der Waals surface area (Å²) >= 11 is 0. The summed E-state index contributed by atoms with van der Waals surface area (Å²) in [6.45, 7) is 4.64. The lowest BCUT2D eigenvalue weighted by Gasteiger charge is -2.12. The first-order chi connectivity index (χ1) is 9.81. The van der Waals surface area contributed by atoms with Gasteiger partial charge in [0.2, 0.25) is 0 Å². The van der Waals surface area contributed by atoms with Gasteiger partial charge in [0.15, 0.2) is 15.8 Å². The second-order valence-corrected chi connectivity index (χ2v) is 7.75. The Labute approximate surface area is 149 Å². The summed E-state index contributed by atoms with van der Waals surface area (Å²) in [6.07, 6.45) is 2.42. The van der Waals surface area contributed by atoms with Crippen LogP contribution in [0.15, 0.2) is 28.1 Å². The summed E-state index contributed by atoms with van der Waals surface area (Å²) in [5.74, 6) is 1.49. The molecule has 0 bridgehead atoms. The zero-order valence-electron chi connectivity index (χ0n) is 13.4. The van der Waals surface area contributed by atoms with Crippen LogP contribution in [0, 0.1) is 12.8 Å². The summed E-state index contributed by atoms with van der Waals surface area (Å²) < 4.78 is 23.2. The van der Waals surface area contributed by atoms with Crippen LogP contribution in [0.4, 0.5) is 0 Å². The van der Waals surface area contributed by atoms with Gasteiger partial charge in [0.1, 0.15) is 0 Å². The number of hydrogen-bond acceptors (Lipinski definition) is 3. The molecule has 2 N–H and O–H groups in total. The topological polar surface area (TPSA) is 70.6 Å². The molecular weight excluding hydrogens is 413 g/mol. The summed E-state index contributed by atoms with van der Waals surface area (Å²) in [5, 5.41) is 6.61. The molecule has 0 heterocycles. The molecule has 1 aliphatic carbocycles. The van der Waals surface area contributed by atoms with Gasteiger partial charge in [-0.1, -0.05) is 19.1 Å². The van der Waals surface area contributed by atoms with Crippen LogP contribution in [0.1, 0.15) is 24.5 Å². The smallest absolute Gasteiger partial charge is 0.191 e. The number of hydrogen-bond donors (Lipinski definition) is 2. The number of sulfone groups is 1. The first kappa shape index (κ1) is 19.2. The fraction of sp³-hybridized carbons (Fsp3) is 0.533. The molecular formula is C15H24IN3O2S. The number of benzene rings is 1. The highest BCUT2D eigenvalue weighted by atomic mass is 127. The van der Waals surface area contributed by atoms with Gasteiger partial charge >= 0.3 is 0 Å². The largest absolute Gasteiger partial charge is 0.353 e. The van der Waals surface area contributed by atoms with Gasteiger partial charge in [-0.2, -0.15) is 0 Å². The van der Waals surface area contributed by atoms with Crippen LogP contribution >= 0.6 is 24.0 Å². The maximum Gasteiger partial charge on any atom is 0.191 e. The number of aryl methyl sites for hydroxylation is 1. The first-order valence-electron chi connectivity index (χ1n) is 7.08. The molecule has 0 amide bonds. The third-order valence-electron chi connectivity index (χ3n) is 3.75. The molecule has 2 rings (SSSR count). The Morgan fingerprint density at radius 3 is 2.50 bits per heavy atom. The molecule has 1 aliphatic rings. The van der Waals surface area contributed by atoms with Gasteiger partial charge in [-0.3, -0.25) is 4.99 Å². The predicted molar refractivity (Wildman–Crippen MR) is 101 cm³/mol. The van der Waals surface area contributed by atoms with Crippen LogP contribution in [0.5, 0.6) is 0 Å². The van der Waals surface area contributed by atoms with Crippen LogP contribution in [0.3, 0.4) is 0 Å². The molecule has 1 aromatic carbocycles. The monoisotopic (exact) mass is 437 g/mol. The molecule has 22 heavy (non-hydrogen) atoms. The lowest BCUT2D eigenvalue weighted by molar-refractivity contribution is 0.601. The Hall–Kier alpha value is -0.830. The van der Waals surface area contributed by atoms with E-state index in [1.54, 1.807) is 13.1 Å². The molecule has 2 unspecified atom stereocenters. The Kier molecular flexibility index (Phi) is 6.66. The van der Waals surface area contributed by atoms with Gasteiger partial charge in [0.05, 0.1) is 4.90 Å². The number of aliphatic imine (C=N–C) groups is 1. The summed E-state index contributed by atoms with van der Waals surface area (Å²) in [4.78, 5) is 4.58. The highest BCUT2D eigenvalue weighted by Gasteiger charge is 2.33. The maximum absolute atomic E-state index is 11.6. The third-order valence-corrected chi connectivity index (χ3v) is 5.01. The normalized spacial score (nSPS) is 21.0. The molecule has 1 fully saturated rings. The maximum atomic E-state index is 11.6.